The Labute approximate surface area is 396 Å². The van der Waals surface area contributed by atoms with Crippen LogP contribution in [0.1, 0.15) is 258 Å². The number of nitrogens with one attached hydrogen (secondary N) is 1. The summed E-state index contributed by atoms with van der Waals surface area (Å²) in [4.78, 5) is 26.2. The first-order valence-corrected chi connectivity index (χ1v) is 27.2. The number of rotatable bonds is 48. The smallest absolute Gasteiger partial charge is 0.306 e. The number of amides is 1. The molecule has 0 aromatic carbocycles. The summed E-state index contributed by atoms with van der Waals surface area (Å²) in [7, 11) is 0. The molecular weight excluding hydrogens is 791 g/mol. The number of aliphatic hydroxyl groups is 2. The fourth-order valence-corrected chi connectivity index (χ4v) is 7.85. The minimum atomic E-state index is -0.813. The maximum absolute atomic E-state index is 13.2. The number of hydrogen-bond donors (Lipinski definition) is 3. The lowest BCUT2D eigenvalue weighted by Gasteiger charge is -2.24. The topological polar surface area (TPSA) is 95.9 Å². The van der Waals surface area contributed by atoms with Crippen molar-refractivity contribution in [1.82, 2.24) is 5.32 Å². The molecule has 0 radical (unpaired) electrons. The van der Waals surface area contributed by atoms with E-state index in [2.05, 4.69) is 92.9 Å². The van der Waals surface area contributed by atoms with Gasteiger partial charge in [0.2, 0.25) is 5.91 Å². The monoisotopic (exact) mass is 894 g/mol. The molecule has 1 amide bonds. The van der Waals surface area contributed by atoms with Crippen molar-refractivity contribution in [2.24, 2.45) is 0 Å². The van der Waals surface area contributed by atoms with E-state index in [0.717, 1.165) is 64.2 Å². The van der Waals surface area contributed by atoms with E-state index in [1.807, 2.05) is 6.08 Å². The van der Waals surface area contributed by atoms with Gasteiger partial charge in [0.05, 0.1) is 25.2 Å². The highest BCUT2D eigenvalue weighted by molar-refractivity contribution is 5.77. The first-order valence-electron chi connectivity index (χ1n) is 27.2. The van der Waals surface area contributed by atoms with Crippen LogP contribution >= 0.6 is 0 Å². The Kier molecular flexibility index (Phi) is 49.1. The number of esters is 1. The van der Waals surface area contributed by atoms with Gasteiger partial charge in [0.1, 0.15) is 6.10 Å². The molecule has 0 bridgehead atoms. The molecule has 0 heterocycles. The third kappa shape index (κ3) is 45.9. The van der Waals surface area contributed by atoms with Crippen molar-refractivity contribution in [2.45, 2.75) is 277 Å². The number of carbonyl (C=O) groups is 2. The van der Waals surface area contributed by atoms with Gasteiger partial charge in [-0.25, -0.2) is 0 Å². The minimum absolute atomic E-state index is 0.00173. The number of aliphatic hydroxyl groups excluding tert-OH is 2. The highest BCUT2D eigenvalue weighted by atomic mass is 16.5. The SMILES string of the molecule is CCCCC/C=C\C/C=C\C/C=C\C/C=C\CC(CC(=O)NC(CO)C(O)CCCCCCCCCCCCC)OC(=O)CCCCCCCCCCC/C=C\C/C=C\CCCCC. The fraction of sp³-hybridized carbons (Fsp3) is 0.759. The van der Waals surface area contributed by atoms with Crippen LogP contribution in [0.5, 0.6) is 0 Å². The van der Waals surface area contributed by atoms with Gasteiger partial charge in [0.25, 0.3) is 0 Å². The molecule has 0 saturated carbocycles. The van der Waals surface area contributed by atoms with Crippen molar-refractivity contribution in [3.63, 3.8) is 0 Å². The molecule has 0 aromatic rings. The van der Waals surface area contributed by atoms with Crippen LogP contribution in [0.2, 0.25) is 0 Å². The lowest BCUT2D eigenvalue weighted by molar-refractivity contribution is -0.150. The molecule has 0 rings (SSSR count). The van der Waals surface area contributed by atoms with Crippen LogP contribution in [-0.2, 0) is 14.3 Å². The Morgan fingerprint density at radius 3 is 1.28 bits per heavy atom. The fourth-order valence-electron chi connectivity index (χ4n) is 7.85. The first-order chi connectivity index (χ1) is 31.5. The first kappa shape index (κ1) is 61.3. The third-order valence-electron chi connectivity index (χ3n) is 12.0. The van der Waals surface area contributed by atoms with Crippen molar-refractivity contribution in [1.29, 1.82) is 0 Å². The molecule has 0 aliphatic carbocycles. The van der Waals surface area contributed by atoms with Crippen molar-refractivity contribution in [2.75, 3.05) is 6.61 Å². The molecule has 3 unspecified atom stereocenters. The standard InChI is InChI=1S/C58H103NO5/c1-4-7-10-13-16-19-22-24-26-27-28-29-31-33-36-39-42-45-48-51-58(63)64-54(49-46-43-40-37-35-32-30-25-23-20-17-14-11-8-5-2)52-57(62)59-55(53-60)56(61)50-47-44-41-38-34-21-18-15-12-9-6-3/h16-17,19-20,24-26,30,35,37,43,46,54-56,60-61H,4-15,18,21-23,27-29,31-34,36,38-42,44-45,47-53H2,1-3H3,(H,59,62)/b19-16-,20-17-,26-24-,30-25-,37-35-,46-43-. The summed E-state index contributed by atoms with van der Waals surface area (Å²) in [6.45, 7) is 6.40. The van der Waals surface area contributed by atoms with Crippen LogP contribution in [0.3, 0.4) is 0 Å². The normalized spacial score (nSPS) is 13.8. The lowest BCUT2D eigenvalue weighted by Crippen LogP contribution is -2.46. The molecule has 6 nitrogen and oxygen atoms in total. The van der Waals surface area contributed by atoms with Gasteiger partial charge in [-0.2, -0.15) is 0 Å². The zero-order valence-corrected chi connectivity index (χ0v) is 42.1. The Morgan fingerprint density at radius 1 is 0.469 bits per heavy atom. The van der Waals surface area contributed by atoms with Gasteiger partial charge >= 0.3 is 5.97 Å². The van der Waals surface area contributed by atoms with Gasteiger partial charge < -0.3 is 20.3 Å². The van der Waals surface area contributed by atoms with E-state index in [4.69, 9.17) is 4.74 Å². The van der Waals surface area contributed by atoms with Gasteiger partial charge in [0.15, 0.2) is 0 Å². The van der Waals surface area contributed by atoms with E-state index in [-0.39, 0.29) is 24.9 Å². The molecule has 3 atom stereocenters. The Morgan fingerprint density at radius 2 is 0.828 bits per heavy atom. The van der Waals surface area contributed by atoms with Crippen LogP contribution in [0, 0.1) is 0 Å². The van der Waals surface area contributed by atoms with Crippen molar-refractivity contribution in [3.8, 4) is 0 Å². The van der Waals surface area contributed by atoms with Crippen LogP contribution < -0.4 is 5.32 Å². The number of allylic oxidation sites excluding steroid dienone is 11. The zero-order valence-electron chi connectivity index (χ0n) is 42.1. The molecule has 0 saturated heterocycles. The van der Waals surface area contributed by atoms with E-state index in [1.165, 1.54) is 148 Å². The molecule has 0 fully saturated rings. The van der Waals surface area contributed by atoms with Gasteiger partial charge in [-0.1, -0.05) is 235 Å². The average Bonchev–Trinajstić information content (AvgIpc) is 3.29. The van der Waals surface area contributed by atoms with Crippen molar-refractivity contribution in [3.05, 3.63) is 72.9 Å². The van der Waals surface area contributed by atoms with Gasteiger partial charge in [0, 0.05) is 12.8 Å². The summed E-state index contributed by atoms with van der Waals surface area (Å²) >= 11 is 0. The van der Waals surface area contributed by atoms with Gasteiger partial charge in [-0.05, 0) is 77.0 Å². The van der Waals surface area contributed by atoms with Crippen LogP contribution in [-0.4, -0.2) is 46.9 Å². The van der Waals surface area contributed by atoms with Crippen LogP contribution in [0.15, 0.2) is 72.9 Å². The van der Waals surface area contributed by atoms with E-state index < -0.39 is 18.2 Å². The summed E-state index contributed by atoms with van der Waals surface area (Å²) in [6.07, 6.45) is 65.5. The predicted octanol–water partition coefficient (Wildman–Crippen LogP) is 16.6. The summed E-state index contributed by atoms with van der Waals surface area (Å²) in [6, 6.07) is -0.733. The van der Waals surface area contributed by atoms with Crippen LogP contribution in [0.4, 0.5) is 0 Å². The molecule has 3 N–H and O–H groups in total. The molecule has 0 aliphatic rings. The molecule has 6 heteroatoms. The highest BCUT2D eigenvalue weighted by Crippen LogP contribution is 2.16. The lowest BCUT2D eigenvalue weighted by atomic mass is 10.0. The van der Waals surface area contributed by atoms with Crippen molar-refractivity contribution >= 4 is 11.9 Å². The maximum Gasteiger partial charge on any atom is 0.306 e. The average molecular weight is 894 g/mol. The molecule has 0 aromatic heterocycles. The third-order valence-corrected chi connectivity index (χ3v) is 12.0. The molecular formula is C58H103NO5. The number of hydrogen-bond acceptors (Lipinski definition) is 5. The Hall–Kier alpha value is -2.70. The zero-order chi connectivity index (χ0) is 46.7. The molecule has 0 aliphatic heterocycles. The second-order valence-electron chi connectivity index (χ2n) is 18.3. The van der Waals surface area contributed by atoms with Crippen LogP contribution in [0.25, 0.3) is 0 Å². The van der Waals surface area contributed by atoms with Gasteiger partial charge in [-0.3, -0.25) is 9.59 Å². The van der Waals surface area contributed by atoms with Crippen molar-refractivity contribution < 1.29 is 24.5 Å². The quantitative estimate of drug-likeness (QED) is 0.0321. The second-order valence-corrected chi connectivity index (χ2v) is 18.3. The number of unbranched alkanes of at least 4 members (excludes halogenated alkanes) is 25. The molecule has 64 heavy (non-hydrogen) atoms. The largest absolute Gasteiger partial charge is 0.461 e. The summed E-state index contributed by atoms with van der Waals surface area (Å²) in [5, 5.41) is 23.7. The Bertz CT molecular complexity index is 1190. The van der Waals surface area contributed by atoms with E-state index in [1.54, 1.807) is 0 Å². The number of carbonyl (C=O) groups excluding carboxylic acids is 2. The second kappa shape index (κ2) is 51.3. The molecule has 370 valence electrons. The van der Waals surface area contributed by atoms with E-state index in [9.17, 15) is 19.8 Å². The van der Waals surface area contributed by atoms with E-state index >= 15 is 0 Å². The maximum atomic E-state index is 13.2. The van der Waals surface area contributed by atoms with E-state index in [0.29, 0.717) is 19.3 Å². The molecule has 0 spiro atoms. The summed E-state index contributed by atoms with van der Waals surface area (Å²) in [5.41, 5.74) is 0. The van der Waals surface area contributed by atoms with Gasteiger partial charge in [-0.15, -0.1) is 0 Å². The summed E-state index contributed by atoms with van der Waals surface area (Å²) in [5.74, 6) is -0.580. The Balaban J connectivity index is 4.67. The predicted molar refractivity (Wildman–Crippen MR) is 278 cm³/mol. The summed E-state index contributed by atoms with van der Waals surface area (Å²) < 4.78 is 5.88. The number of ether oxygens (including phenoxy) is 1. The highest BCUT2D eigenvalue weighted by Gasteiger charge is 2.23. The minimum Gasteiger partial charge on any atom is -0.461 e.